The van der Waals surface area contributed by atoms with E-state index in [9.17, 15) is 0 Å². The second-order valence-electron chi connectivity index (χ2n) is 10.1. The van der Waals surface area contributed by atoms with Crippen LogP contribution < -0.4 is 0 Å². The molecule has 1 aliphatic heterocycles. The fraction of sp³-hybridized carbons (Fsp3) is 1.00. The van der Waals surface area contributed by atoms with Crippen LogP contribution in [0.3, 0.4) is 0 Å². The van der Waals surface area contributed by atoms with E-state index in [0.717, 1.165) is 30.3 Å². The molecule has 0 aromatic heterocycles. The maximum atomic E-state index is 6.05. The lowest BCUT2D eigenvalue weighted by atomic mass is 9.44. The van der Waals surface area contributed by atoms with Crippen LogP contribution in [0.4, 0.5) is 0 Å². The minimum Gasteiger partial charge on any atom is -0.381 e. The zero-order chi connectivity index (χ0) is 15.9. The van der Waals surface area contributed by atoms with Crippen LogP contribution in [0.2, 0.25) is 0 Å². The molecule has 1 heterocycles. The summed E-state index contributed by atoms with van der Waals surface area (Å²) in [4.78, 5) is 0. The summed E-state index contributed by atoms with van der Waals surface area (Å²) in [6.45, 7) is 6.30. The number of hydrogen-bond donors (Lipinski definition) is 0. The largest absolute Gasteiger partial charge is 0.381 e. The van der Waals surface area contributed by atoms with Crippen molar-refractivity contribution in [3.8, 4) is 0 Å². The van der Waals surface area contributed by atoms with Gasteiger partial charge in [0.05, 0.1) is 18.3 Å². The second kappa shape index (κ2) is 4.75. The van der Waals surface area contributed by atoms with Gasteiger partial charge in [-0.1, -0.05) is 13.8 Å². The first-order chi connectivity index (χ1) is 11.0. The molecule has 5 aliphatic rings. The zero-order valence-electron chi connectivity index (χ0n) is 15.3. The van der Waals surface area contributed by atoms with E-state index in [1.807, 2.05) is 7.11 Å². The van der Waals surface area contributed by atoms with E-state index in [-0.39, 0.29) is 0 Å². The Hall–Kier alpha value is -0.0800. The van der Waals surface area contributed by atoms with E-state index in [2.05, 4.69) is 13.8 Å². The zero-order valence-corrected chi connectivity index (χ0v) is 15.3. The highest BCUT2D eigenvalue weighted by atomic mass is 16.6. The second-order valence-corrected chi connectivity index (χ2v) is 10.1. The van der Waals surface area contributed by atoms with E-state index < -0.39 is 0 Å². The molecule has 2 heteroatoms. The highest BCUT2D eigenvalue weighted by molar-refractivity contribution is 5.18. The van der Waals surface area contributed by atoms with Gasteiger partial charge < -0.3 is 9.47 Å². The summed E-state index contributed by atoms with van der Waals surface area (Å²) in [6.07, 6.45) is 13.2. The number of fused-ring (bicyclic) bond motifs is 6. The maximum absolute atomic E-state index is 6.05. The molecule has 0 N–H and O–H groups in total. The van der Waals surface area contributed by atoms with Crippen molar-refractivity contribution in [2.24, 2.45) is 34.5 Å². The number of methoxy groups -OCH3 is 1. The van der Waals surface area contributed by atoms with Crippen molar-refractivity contribution in [2.45, 2.75) is 83.3 Å². The van der Waals surface area contributed by atoms with Crippen molar-refractivity contribution < 1.29 is 9.47 Å². The molecule has 5 rings (SSSR count). The summed E-state index contributed by atoms with van der Waals surface area (Å²) in [7, 11) is 1.92. The third-order valence-corrected chi connectivity index (χ3v) is 9.73. The van der Waals surface area contributed by atoms with Crippen LogP contribution in [-0.2, 0) is 9.47 Å². The molecule has 1 spiro atoms. The Labute approximate surface area is 141 Å². The Morgan fingerprint density at radius 2 is 1.70 bits per heavy atom. The molecule has 0 amide bonds. The minimum atomic E-state index is 0.314. The Morgan fingerprint density at radius 3 is 2.43 bits per heavy atom. The molecule has 23 heavy (non-hydrogen) atoms. The molecular formula is C21H34O2. The smallest absolute Gasteiger partial charge is 0.0972 e. The van der Waals surface area contributed by atoms with Crippen LogP contribution in [0.25, 0.3) is 0 Å². The van der Waals surface area contributed by atoms with E-state index in [4.69, 9.17) is 9.47 Å². The van der Waals surface area contributed by atoms with E-state index in [0.29, 0.717) is 22.5 Å². The summed E-state index contributed by atoms with van der Waals surface area (Å²) in [5, 5.41) is 0. The number of hydrogen-bond acceptors (Lipinski definition) is 2. The molecule has 2 nitrogen and oxygen atoms in total. The van der Waals surface area contributed by atoms with Gasteiger partial charge in [-0.15, -0.1) is 0 Å². The summed E-state index contributed by atoms with van der Waals surface area (Å²) >= 11 is 0. The molecule has 130 valence electrons. The van der Waals surface area contributed by atoms with Crippen molar-refractivity contribution in [1.82, 2.24) is 0 Å². The maximum Gasteiger partial charge on any atom is 0.0972 e. The molecule has 1 saturated heterocycles. The first kappa shape index (κ1) is 15.2. The van der Waals surface area contributed by atoms with Crippen LogP contribution in [-0.4, -0.2) is 25.4 Å². The summed E-state index contributed by atoms with van der Waals surface area (Å²) in [5.41, 5.74) is 1.41. The summed E-state index contributed by atoms with van der Waals surface area (Å²) < 4.78 is 11.8. The standard InChI is InChI=1S/C21H34O2/c1-19-9-6-15(22-3)12-14(19)4-5-16-17(19)7-10-20(2)18(16)8-11-21(20)13-23-21/h14-18H,4-13H2,1-3H3/t14?,15?,16?,17?,18?,19-,20-,21+/m0/s1. The van der Waals surface area contributed by atoms with Gasteiger partial charge in [-0.25, -0.2) is 0 Å². The fourth-order valence-electron chi connectivity index (χ4n) is 8.09. The Morgan fingerprint density at radius 1 is 0.913 bits per heavy atom. The predicted molar refractivity (Wildman–Crippen MR) is 91.2 cm³/mol. The van der Waals surface area contributed by atoms with Gasteiger partial charge in [0.15, 0.2) is 0 Å². The predicted octanol–water partition coefficient (Wildman–Crippen LogP) is 4.81. The molecule has 5 fully saturated rings. The van der Waals surface area contributed by atoms with Gasteiger partial charge in [-0.05, 0) is 86.9 Å². The molecule has 8 atom stereocenters. The van der Waals surface area contributed by atoms with E-state index in [1.54, 1.807) is 0 Å². The fourth-order valence-corrected chi connectivity index (χ4v) is 8.09. The van der Waals surface area contributed by atoms with Gasteiger partial charge in [0, 0.05) is 12.5 Å². The molecule has 0 aromatic rings. The highest BCUT2D eigenvalue weighted by Gasteiger charge is 2.69. The Bertz CT molecular complexity index is 498. The lowest BCUT2D eigenvalue weighted by molar-refractivity contribution is -0.132. The van der Waals surface area contributed by atoms with Crippen molar-refractivity contribution in [3.63, 3.8) is 0 Å². The summed E-state index contributed by atoms with van der Waals surface area (Å²) in [6, 6.07) is 0. The lowest BCUT2D eigenvalue weighted by Crippen LogP contribution is -2.55. The van der Waals surface area contributed by atoms with Crippen LogP contribution in [0.15, 0.2) is 0 Å². The minimum absolute atomic E-state index is 0.314. The third kappa shape index (κ3) is 1.83. The normalized spacial score (nSPS) is 60.9. The summed E-state index contributed by atoms with van der Waals surface area (Å²) in [5.74, 6) is 3.82. The van der Waals surface area contributed by atoms with Crippen LogP contribution in [0.5, 0.6) is 0 Å². The van der Waals surface area contributed by atoms with Crippen LogP contribution >= 0.6 is 0 Å². The van der Waals surface area contributed by atoms with E-state index in [1.165, 1.54) is 57.8 Å². The van der Waals surface area contributed by atoms with Crippen molar-refractivity contribution >= 4 is 0 Å². The Kier molecular flexibility index (Phi) is 3.14. The van der Waals surface area contributed by atoms with Crippen molar-refractivity contribution in [1.29, 1.82) is 0 Å². The van der Waals surface area contributed by atoms with Gasteiger partial charge in [0.25, 0.3) is 0 Å². The molecule has 4 aliphatic carbocycles. The number of epoxide rings is 1. The van der Waals surface area contributed by atoms with Gasteiger partial charge >= 0.3 is 0 Å². The molecule has 5 unspecified atom stereocenters. The lowest BCUT2D eigenvalue weighted by Gasteiger charge is -2.61. The van der Waals surface area contributed by atoms with Crippen LogP contribution in [0, 0.1) is 34.5 Å². The average molecular weight is 319 g/mol. The SMILES string of the molecule is COC1CC[C@@]2(C)C(CCC3C2CC[C@@]2(C)C3CC[C@@]23CO3)C1. The molecular weight excluding hydrogens is 284 g/mol. The van der Waals surface area contributed by atoms with Crippen molar-refractivity contribution in [2.75, 3.05) is 13.7 Å². The molecule has 0 aromatic carbocycles. The number of rotatable bonds is 1. The van der Waals surface area contributed by atoms with Gasteiger partial charge in [0.1, 0.15) is 0 Å². The third-order valence-electron chi connectivity index (χ3n) is 9.73. The molecule has 0 radical (unpaired) electrons. The van der Waals surface area contributed by atoms with E-state index >= 15 is 0 Å². The van der Waals surface area contributed by atoms with Gasteiger partial charge in [0.2, 0.25) is 0 Å². The highest BCUT2D eigenvalue weighted by Crippen LogP contribution is 2.71. The van der Waals surface area contributed by atoms with Gasteiger partial charge in [-0.2, -0.15) is 0 Å². The first-order valence-corrected chi connectivity index (χ1v) is 10.2. The molecule has 4 saturated carbocycles. The van der Waals surface area contributed by atoms with Gasteiger partial charge in [-0.3, -0.25) is 0 Å². The van der Waals surface area contributed by atoms with Crippen LogP contribution in [0.1, 0.15) is 71.6 Å². The molecule has 0 bridgehead atoms. The Balaban J connectivity index is 1.43. The monoisotopic (exact) mass is 318 g/mol. The number of ether oxygens (including phenoxy) is 2. The first-order valence-electron chi connectivity index (χ1n) is 10.2. The average Bonchev–Trinajstić information content (AvgIpc) is 3.28. The topological polar surface area (TPSA) is 21.8 Å². The quantitative estimate of drug-likeness (QED) is 0.647. The van der Waals surface area contributed by atoms with Crippen molar-refractivity contribution in [3.05, 3.63) is 0 Å².